The lowest BCUT2D eigenvalue weighted by atomic mass is 10.1. The van der Waals surface area contributed by atoms with Crippen molar-refractivity contribution < 1.29 is 4.79 Å². The summed E-state index contributed by atoms with van der Waals surface area (Å²) in [6.07, 6.45) is 7.06. The Hall–Kier alpha value is -1.35. The van der Waals surface area contributed by atoms with Crippen molar-refractivity contribution in [2.75, 3.05) is 26.7 Å². The molecular weight excluding hydrogens is 260 g/mol. The average molecular weight is 286 g/mol. The van der Waals surface area contributed by atoms with Crippen LogP contribution in [0.2, 0.25) is 0 Å². The first-order valence-electron chi connectivity index (χ1n) is 8.29. The minimum atomic E-state index is 0.315. The minimum absolute atomic E-state index is 0.315. The first-order chi connectivity index (χ1) is 10.2. The first-order valence-corrected chi connectivity index (χ1v) is 8.29. The summed E-state index contributed by atoms with van der Waals surface area (Å²) < 4.78 is 0. The molecule has 3 heteroatoms. The molecule has 3 nitrogen and oxygen atoms in total. The van der Waals surface area contributed by atoms with Crippen molar-refractivity contribution in [3.63, 3.8) is 0 Å². The van der Waals surface area contributed by atoms with Crippen molar-refractivity contribution in [1.82, 2.24) is 9.80 Å². The van der Waals surface area contributed by atoms with E-state index >= 15 is 0 Å². The van der Waals surface area contributed by atoms with Crippen LogP contribution in [-0.4, -0.2) is 48.4 Å². The molecule has 21 heavy (non-hydrogen) atoms. The predicted octanol–water partition coefficient (Wildman–Crippen LogP) is 2.49. The molecule has 1 heterocycles. The number of likely N-dealkylation sites (tertiary alicyclic amines) is 1. The van der Waals surface area contributed by atoms with Crippen molar-refractivity contribution >= 4 is 5.91 Å². The van der Waals surface area contributed by atoms with Crippen molar-refractivity contribution in [2.24, 2.45) is 0 Å². The second kappa shape index (κ2) is 6.61. The van der Waals surface area contributed by atoms with E-state index in [1.54, 1.807) is 0 Å². The van der Waals surface area contributed by atoms with Crippen LogP contribution >= 0.6 is 0 Å². The van der Waals surface area contributed by atoms with Crippen LogP contribution in [0.4, 0.5) is 0 Å². The molecule has 0 bridgehead atoms. The van der Waals surface area contributed by atoms with Crippen LogP contribution in [0.15, 0.2) is 24.3 Å². The number of carbonyl (C=O) groups excluding carboxylic acids is 1. The Balaban J connectivity index is 1.55. The van der Waals surface area contributed by atoms with Gasteiger partial charge in [0.15, 0.2) is 0 Å². The molecule has 2 aliphatic rings. The number of likely N-dealkylation sites (N-methyl/N-ethyl adjacent to an activating group) is 1. The lowest BCUT2D eigenvalue weighted by Gasteiger charge is -2.27. The van der Waals surface area contributed by atoms with Gasteiger partial charge in [0.2, 0.25) is 5.91 Å². The molecule has 1 aromatic rings. The standard InChI is InChI=1S/C18H26N2O/c1-19(14-18(21)20-10-6-2-3-7-11-20)17-12-15-8-4-5-9-16(15)13-17/h4-5,8-9,17H,2-3,6-7,10-14H2,1H3. The van der Waals surface area contributed by atoms with E-state index < -0.39 is 0 Å². The molecule has 0 unspecified atom stereocenters. The van der Waals surface area contributed by atoms with Gasteiger partial charge in [-0.2, -0.15) is 0 Å². The van der Waals surface area contributed by atoms with E-state index in [-0.39, 0.29) is 0 Å². The zero-order chi connectivity index (χ0) is 14.7. The molecule has 1 fully saturated rings. The van der Waals surface area contributed by atoms with Gasteiger partial charge in [-0.05, 0) is 43.9 Å². The summed E-state index contributed by atoms with van der Waals surface area (Å²) in [6.45, 7) is 2.48. The van der Waals surface area contributed by atoms with Crippen LogP contribution in [0.3, 0.4) is 0 Å². The van der Waals surface area contributed by atoms with E-state index in [0.29, 0.717) is 18.5 Å². The molecule has 3 rings (SSSR count). The van der Waals surface area contributed by atoms with Gasteiger partial charge < -0.3 is 4.90 Å². The highest BCUT2D eigenvalue weighted by Gasteiger charge is 2.26. The van der Waals surface area contributed by atoms with E-state index in [4.69, 9.17) is 0 Å². The minimum Gasteiger partial charge on any atom is -0.342 e. The molecule has 0 aromatic heterocycles. The topological polar surface area (TPSA) is 23.6 Å². The highest BCUT2D eigenvalue weighted by molar-refractivity contribution is 5.78. The van der Waals surface area contributed by atoms with Crippen molar-refractivity contribution in [3.05, 3.63) is 35.4 Å². The summed E-state index contributed by atoms with van der Waals surface area (Å²) >= 11 is 0. The van der Waals surface area contributed by atoms with Gasteiger partial charge in [-0.1, -0.05) is 37.1 Å². The van der Waals surface area contributed by atoms with Crippen LogP contribution in [0.5, 0.6) is 0 Å². The molecule has 0 saturated carbocycles. The maximum Gasteiger partial charge on any atom is 0.236 e. The smallest absolute Gasteiger partial charge is 0.236 e. The number of hydrogen-bond acceptors (Lipinski definition) is 2. The third-order valence-corrected chi connectivity index (χ3v) is 5.00. The van der Waals surface area contributed by atoms with Gasteiger partial charge in [0, 0.05) is 19.1 Å². The van der Waals surface area contributed by atoms with E-state index in [1.165, 1.54) is 36.8 Å². The van der Waals surface area contributed by atoms with E-state index in [9.17, 15) is 4.79 Å². The first kappa shape index (κ1) is 14.6. The normalized spacial score (nSPS) is 19.6. The molecule has 0 N–H and O–H groups in total. The molecule has 114 valence electrons. The number of rotatable bonds is 3. The molecule has 1 amide bonds. The molecule has 1 aliphatic carbocycles. The fourth-order valence-corrected chi connectivity index (χ4v) is 3.61. The zero-order valence-corrected chi connectivity index (χ0v) is 13.1. The second-order valence-corrected chi connectivity index (χ2v) is 6.54. The van der Waals surface area contributed by atoms with E-state index in [0.717, 1.165) is 25.9 Å². The average Bonchev–Trinajstić information content (AvgIpc) is 2.73. The van der Waals surface area contributed by atoms with Gasteiger partial charge in [-0.25, -0.2) is 0 Å². The Kier molecular flexibility index (Phi) is 4.59. The lowest BCUT2D eigenvalue weighted by Crippen LogP contribution is -2.43. The Morgan fingerprint density at radius 3 is 2.24 bits per heavy atom. The highest BCUT2D eigenvalue weighted by Crippen LogP contribution is 2.24. The SMILES string of the molecule is CN(CC(=O)N1CCCCCC1)C1Cc2ccccc2C1. The summed E-state index contributed by atoms with van der Waals surface area (Å²) in [4.78, 5) is 16.8. The fraction of sp³-hybridized carbons (Fsp3) is 0.611. The zero-order valence-electron chi connectivity index (χ0n) is 13.1. The van der Waals surface area contributed by atoms with Crippen LogP contribution in [-0.2, 0) is 17.6 Å². The molecule has 1 aromatic carbocycles. The summed E-state index contributed by atoms with van der Waals surface area (Å²) in [5.41, 5.74) is 2.91. The summed E-state index contributed by atoms with van der Waals surface area (Å²) in [5.74, 6) is 0.315. The Labute approximate surface area is 127 Å². The summed E-state index contributed by atoms with van der Waals surface area (Å²) in [7, 11) is 2.10. The Bertz CT molecular complexity index is 467. The van der Waals surface area contributed by atoms with Gasteiger partial charge in [-0.3, -0.25) is 9.69 Å². The largest absolute Gasteiger partial charge is 0.342 e. The number of carbonyl (C=O) groups is 1. The third-order valence-electron chi connectivity index (χ3n) is 5.00. The van der Waals surface area contributed by atoms with Crippen molar-refractivity contribution in [2.45, 2.75) is 44.6 Å². The highest BCUT2D eigenvalue weighted by atomic mass is 16.2. The number of benzene rings is 1. The fourth-order valence-electron chi connectivity index (χ4n) is 3.61. The van der Waals surface area contributed by atoms with Crippen LogP contribution in [0.1, 0.15) is 36.8 Å². The molecule has 1 aliphatic heterocycles. The quantitative estimate of drug-likeness (QED) is 0.852. The maximum absolute atomic E-state index is 12.5. The molecule has 0 atom stereocenters. The maximum atomic E-state index is 12.5. The van der Waals surface area contributed by atoms with Crippen LogP contribution < -0.4 is 0 Å². The number of amides is 1. The molecule has 0 radical (unpaired) electrons. The third kappa shape index (κ3) is 3.46. The summed E-state index contributed by atoms with van der Waals surface area (Å²) in [5, 5.41) is 0. The second-order valence-electron chi connectivity index (χ2n) is 6.54. The number of hydrogen-bond donors (Lipinski definition) is 0. The van der Waals surface area contributed by atoms with Gasteiger partial charge >= 0.3 is 0 Å². The number of nitrogens with zero attached hydrogens (tertiary/aromatic N) is 2. The van der Waals surface area contributed by atoms with E-state index in [2.05, 4.69) is 41.1 Å². The van der Waals surface area contributed by atoms with Gasteiger partial charge in [-0.15, -0.1) is 0 Å². The lowest BCUT2D eigenvalue weighted by molar-refractivity contribution is -0.132. The molecular formula is C18H26N2O. The number of fused-ring (bicyclic) bond motifs is 1. The van der Waals surface area contributed by atoms with Gasteiger partial charge in [0.05, 0.1) is 6.54 Å². The monoisotopic (exact) mass is 286 g/mol. The molecule has 1 saturated heterocycles. The van der Waals surface area contributed by atoms with Gasteiger partial charge in [0.25, 0.3) is 0 Å². The van der Waals surface area contributed by atoms with Crippen LogP contribution in [0.25, 0.3) is 0 Å². The van der Waals surface area contributed by atoms with Crippen molar-refractivity contribution in [1.29, 1.82) is 0 Å². The predicted molar refractivity (Wildman–Crippen MR) is 85.3 cm³/mol. The van der Waals surface area contributed by atoms with Crippen molar-refractivity contribution in [3.8, 4) is 0 Å². The van der Waals surface area contributed by atoms with Crippen LogP contribution in [0, 0.1) is 0 Å². The Morgan fingerprint density at radius 2 is 1.67 bits per heavy atom. The molecule has 0 spiro atoms. The Morgan fingerprint density at radius 1 is 1.10 bits per heavy atom. The summed E-state index contributed by atoms with van der Waals surface area (Å²) in [6, 6.07) is 9.16. The van der Waals surface area contributed by atoms with E-state index in [1.807, 2.05) is 0 Å². The van der Waals surface area contributed by atoms with Gasteiger partial charge in [0.1, 0.15) is 0 Å².